The zero-order valence-electron chi connectivity index (χ0n) is 13.5. The van der Waals surface area contributed by atoms with Crippen molar-refractivity contribution in [1.82, 2.24) is 15.0 Å². The number of anilines is 2. The molecule has 126 valence electrons. The van der Waals surface area contributed by atoms with Crippen LogP contribution in [0.3, 0.4) is 0 Å². The number of amides is 1. The summed E-state index contributed by atoms with van der Waals surface area (Å²) in [5, 5.41) is 5.95. The van der Waals surface area contributed by atoms with E-state index in [4.69, 9.17) is 0 Å². The van der Waals surface area contributed by atoms with Crippen LogP contribution in [-0.4, -0.2) is 20.9 Å². The van der Waals surface area contributed by atoms with Crippen LogP contribution in [0.2, 0.25) is 0 Å². The standard InChI is InChI=1S/C18H16BrN5O/c1-12-8-16(17(25)23-15-6-2-5-14(19)9-15)24-18(22-12)21-11-13-4-3-7-20-10-13/h2-10H,11H2,1H3,(H,23,25)(H,21,22,24). The molecule has 0 aliphatic rings. The fourth-order valence-electron chi connectivity index (χ4n) is 2.21. The SMILES string of the molecule is Cc1cc(C(=O)Nc2cccc(Br)c2)nc(NCc2cccnc2)n1. The van der Waals surface area contributed by atoms with Gasteiger partial charge in [0.15, 0.2) is 0 Å². The molecule has 0 saturated heterocycles. The Morgan fingerprint density at radius 2 is 2.04 bits per heavy atom. The largest absolute Gasteiger partial charge is 0.350 e. The molecular formula is C18H16BrN5O. The Labute approximate surface area is 153 Å². The first kappa shape index (κ1) is 17.0. The van der Waals surface area contributed by atoms with Gasteiger partial charge in [0, 0.05) is 34.8 Å². The number of aromatic nitrogens is 3. The minimum Gasteiger partial charge on any atom is -0.350 e. The Morgan fingerprint density at radius 1 is 1.16 bits per heavy atom. The normalized spacial score (nSPS) is 10.3. The molecule has 0 radical (unpaired) electrons. The molecule has 0 spiro atoms. The van der Waals surface area contributed by atoms with Gasteiger partial charge in [-0.05, 0) is 42.8 Å². The maximum Gasteiger partial charge on any atom is 0.274 e. The van der Waals surface area contributed by atoms with Crippen molar-refractivity contribution >= 4 is 33.5 Å². The van der Waals surface area contributed by atoms with Crippen molar-refractivity contribution in [2.75, 3.05) is 10.6 Å². The molecule has 6 nitrogen and oxygen atoms in total. The summed E-state index contributed by atoms with van der Waals surface area (Å²) in [5.41, 5.74) is 2.72. The first-order valence-electron chi connectivity index (χ1n) is 7.65. The minimum absolute atomic E-state index is 0.284. The summed E-state index contributed by atoms with van der Waals surface area (Å²) in [6.07, 6.45) is 3.49. The van der Waals surface area contributed by atoms with E-state index >= 15 is 0 Å². The molecule has 0 aliphatic carbocycles. The molecule has 0 atom stereocenters. The van der Waals surface area contributed by atoms with E-state index in [-0.39, 0.29) is 5.91 Å². The maximum atomic E-state index is 12.4. The van der Waals surface area contributed by atoms with Crippen LogP contribution in [0, 0.1) is 6.92 Å². The summed E-state index contributed by atoms with van der Waals surface area (Å²) in [5.74, 6) is 0.122. The van der Waals surface area contributed by atoms with Crippen LogP contribution in [0.4, 0.5) is 11.6 Å². The number of benzene rings is 1. The zero-order valence-corrected chi connectivity index (χ0v) is 15.1. The Hall–Kier alpha value is -2.80. The molecule has 0 saturated carbocycles. The monoisotopic (exact) mass is 397 g/mol. The van der Waals surface area contributed by atoms with Gasteiger partial charge in [-0.1, -0.05) is 28.1 Å². The Bertz CT molecular complexity index is 886. The highest BCUT2D eigenvalue weighted by atomic mass is 79.9. The number of rotatable bonds is 5. The lowest BCUT2D eigenvalue weighted by atomic mass is 10.3. The number of nitrogens with one attached hydrogen (secondary N) is 2. The number of nitrogens with zero attached hydrogens (tertiary/aromatic N) is 3. The fourth-order valence-corrected chi connectivity index (χ4v) is 2.61. The van der Waals surface area contributed by atoms with E-state index < -0.39 is 0 Å². The van der Waals surface area contributed by atoms with E-state index in [0.717, 1.165) is 10.0 Å². The third-order valence-electron chi connectivity index (χ3n) is 3.34. The van der Waals surface area contributed by atoms with Gasteiger partial charge in [0.25, 0.3) is 5.91 Å². The Morgan fingerprint density at radius 3 is 2.80 bits per heavy atom. The fraction of sp³-hybridized carbons (Fsp3) is 0.111. The van der Waals surface area contributed by atoms with E-state index in [0.29, 0.717) is 29.6 Å². The van der Waals surface area contributed by atoms with Crippen LogP contribution in [0.15, 0.2) is 59.3 Å². The lowest BCUT2D eigenvalue weighted by Gasteiger charge is -2.09. The summed E-state index contributed by atoms with van der Waals surface area (Å²) >= 11 is 3.38. The molecular weight excluding hydrogens is 382 g/mol. The van der Waals surface area contributed by atoms with Crippen molar-refractivity contribution < 1.29 is 4.79 Å². The molecule has 1 amide bonds. The predicted octanol–water partition coefficient (Wildman–Crippen LogP) is 3.81. The van der Waals surface area contributed by atoms with Crippen LogP contribution < -0.4 is 10.6 Å². The number of carbonyl (C=O) groups is 1. The van der Waals surface area contributed by atoms with Crippen molar-refractivity contribution in [1.29, 1.82) is 0 Å². The lowest BCUT2D eigenvalue weighted by Crippen LogP contribution is -2.16. The van der Waals surface area contributed by atoms with E-state index in [9.17, 15) is 4.79 Å². The molecule has 2 aromatic heterocycles. The second kappa shape index (κ2) is 7.85. The molecule has 3 aromatic rings. The summed E-state index contributed by atoms with van der Waals surface area (Å²) in [6.45, 7) is 2.36. The van der Waals surface area contributed by atoms with Crippen molar-refractivity contribution in [3.8, 4) is 0 Å². The van der Waals surface area contributed by atoms with Crippen LogP contribution in [0.25, 0.3) is 0 Å². The quantitative estimate of drug-likeness (QED) is 0.684. The van der Waals surface area contributed by atoms with Crippen molar-refractivity contribution in [2.45, 2.75) is 13.5 Å². The number of hydrogen-bond acceptors (Lipinski definition) is 5. The maximum absolute atomic E-state index is 12.4. The van der Waals surface area contributed by atoms with Gasteiger partial charge in [-0.2, -0.15) is 0 Å². The van der Waals surface area contributed by atoms with Crippen LogP contribution in [0.1, 0.15) is 21.7 Å². The highest BCUT2D eigenvalue weighted by molar-refractivity contribution is 9.10. The van der Waals surface area contributed by atoms with Gasteiger partial charge in [-0.25, -0.2) is 9.97 Å². The van der Waals surface area contributed by atoms with Gasteiger partial charge < -0.3 is 10.6 Å². The van der Waals surface area contributed by atoms with Crippen molar-refractivity contribution in [3.63, 3.8) is 0 Å². The first-order chi connectivity index (χ1) is 12.1. The summed E-state index contributed by atoms with van der Waals surface area (Å²) in [4.78, 5) is 25.1. The second-order valence-electron chi connectivity index (χ2n) is 5.40. The summed E-state index contributed by atoms with van der Waals surface area (Å²) in [6, 6.07) is 12.9. The molecule has 1 aromatic carbocycles. The molecule has 25 heavy (non-hydrogen) atoms. The van der Waals surface area contributed by atoms with E-state index in [1.807, 2.05) is 43.3 Å². The van der Waals surface area contributed by atoms with Crippen LogP contribution in [-0.2, 0) is 6.54 Å². The van der Waals surface area contributed by atoms with Crippen molar-refractivity contribution in [2.24, 2.45) is 0 Å². The van der Waals surface area contributed by atoms with Gasteiger partial charge in [-0.15, -0.1) is 0 Å². The Kier molecular flexibility index (Phi) is 5.35. The Balaban J connectivity index is 1.73. The average molecular weight is 398 g/mol. The van der Waals surface area contributed by atoms with Gasteiger partial charge in [0.05, 0.1) is 0 Å². The number of hydrogen-bond donors (Lipinski definition) is 2. The third-order valence-corrected chi connectivity index (χ3v) is 3.84. The average Bonchev–Trinajstić information content (AvgIpc) is 2.60. The molecule has 0 bridgehead atoms. The summed E-state index contributed by atoms with van der Waals surface area (Å²) in [7, 11) is 0. The smallest absolute Gasteiger partial charge is 0.274 e. The van der Waals surface area contributed by atoms with E-state index in [2.05, 4.69) is 41.5 Å². The number of halogens is 1. The molecule has 2 N–H and O–H groups in total. The second-order valence-corrected chi connectivity index (χ2v) is 6.31. The predicted molar refractivity (Wildman–Crippen MR) is 100 cm³/mol. The van der Waals surface area contributed by atoms with Crippen molar-refractivity contribution in [3.05, 3.63) is 76.3 Å². The van der Waals surface area contributed by atoms with E-state index in [1.165, 1.54) is 0 Å². The third kappa shape index (κ3) is 4.84. The molecule has 2 heterocycles. The van der Waals surface area contributed by atoms with Crippen LogP contribution in [0.5, 0.6) is 0 Å². The van der Waals surface area contributed by atoms with E-state index in [1.54, 1.807) is 18.5 Å². The lowest BCUT2D eigenvalue weighted by molar-refractivity contribution is 0.102. The number of pyridine rings is 1. The molecule has 0 unspecified atom stereocenters. The molecule has 7 heteroatoms. The number of aryl methyl sites for hydroxylation is 1. The molecule has 0 fully saturated rings. The minimum atomic E-state index is -0.284. The first-order valence-corrected chi connectivity index (χ1v) is 8.45. The van der Waals surface area contributed by atoms with Gasteiger partial charge >= 0.3 is 0 Å². The highest BCUT2D eigenvalue weighted by Gasteiger charge is 2.11. The number of carbonyl (C=O) groups excluding carboxylic acids is 1. The zero-order chi connectivity index (χ0) is 17.6. The van der Waals surface area contributed by atoms with Gasteiger partial charge in [0.1, 0.15) is 5.69 Å². The topological polar surface area (TPSA) is 79.8 Å². The molecule has 0 aliphatic heterocycles. The van der Waals surface area contributed by atoms with Crippen LogP contribution >= 0.6 is 15.9 Å². The molecule has 3 rings (SSSR count). The van der Waals surface area contributed by atoms with Gasteiger partial charge in [-0.3, -0.25) is 9.78 Å². The summed E-state index contributed by atoms with van der Waals surface area (Å²) < 4.78 is 0.892. The van der Waals surface area contributed by atoms with Gasteiger partial charge in [0.2, 0.25) is 5.95 Å². The highest BCUT2D eigenvalue weighted by Crippen LogP contribution is 2.16.